The van der Waals surface area contributed by atoms with Crippen molar-refractivity contribution in [1.82, 2.24) is 14.5 Å². The Balaban J connectivity index is 1.67. The second-order valence-corrected chi connectivity index (χ2v) is 7.27. The predicted molar refractivity (Wildman–Crippen MR) is 82.3 cm³/mol. The lowest BCUT2D eigenvalue weighted by atomic mass is 10.2. The SMILES string of the molecule is Clc1snnc1CN(Cc1cccs1)CC1CCCO1. The molecule has 3 heterocycles. The summed E-state index contributed by atoms with van der Waals surface area (Å²) in [5.74, 6) is 0. The quantitative estimate of drug-likeness (QED) is 0.813. The second kappa shape index (κ2) is 6.95. The Morgan fingerprint density at radius 1 is 1.45 bits per heavy atom. The summed E-state index contributed by atoms with van der Waals surface area (Å²) in [4.78, 5) is 3.70. The van der Waals surface area contributed by atoms with Gasteiger partial charge in [-0.05, 0) is 24.3 Å². The van der Waals surface area contributed by atoms with Crippen molar-refractivity contribution in [2.75, 3.05) is 13.2 Å². The first-order valence-electron chi connectivity index (χ1n) is 6.64. The molecule has 2 aromatic heterocycles. The Labute approximate surface area is 131 Å². The molecular weight excluding hydrogens is 314 g/mol. The molecule has 1 aliphatic rings. The van der Waals surface area contributed by atoms with Crippen LogP contribution in [-0.4, -0.2) is 33.7 Å². The third-order valence-electron chi connectivity index (χ3n) is 3.33. The Morgan fingerprint density at radius 2 is 2.40 bits per heavy atom. The van der Waals surface area contributed by atoms with Gasteiger partial charge in [0.1, 0.15) is 10.0 Å². The molecule has 0 bridgehead atoms. The zero-order valence-corrected chi connectivity index (χ0v) is 13.4. The number of aromatic nitrogens is 2. The van der Waals surface area contributed by atoms with Crippen LogP contribution in [0, 0.1) is 0 Å². The fourth-order valence-electron chi connectivity index (χ4n) is 2.39. The summed E-state index contributed by atoms with van der Waals surface area (Å²) in [5.41, 5.74) is 0.867. The zero-order chi connectivity index (χ0) is 13.8. The molecule has 3 rings (SSSR count). The minimum Gasteiger partial charge on any atom is -0.377 e. The van der Waals surface area contributed by atoms with Crippen molar-refractivity contribution in [2.24, 2.45) is 0 Å². The molecule has 7 heteroatoms. The number of ether oxygens (including phenoxy) is 1. The van der Waals surface area contributed by atoms with Gasteiger partial charge in [-0.2, -0.15) is 0 Å². The molecule has 1 fully saturated rings. The van der Waals surface area contributed by atoms with Crippen LogP contribution in [0.2, 0.25) is 4.34 Å². The van der Waals surface area contributed by atoms with Gasteiger partial charge in [0.2, 0.25) is 0 Å². The van der Waals surface area contributed by atoms with E-state index in [0.717, 1.165) is 44.8 Å². The number of hydrogen-bond donors (Lipinski definition) is 0. The topological polar surface area (TPSA) is 38.2 Å². The van der Waals surface area contributed by atoms with E-state index in [9.17, 15) is 0 Å². The number of rotatable bonds is 6. The molecule has 0 aromatic carbocycles. The van der Waals surface area contributed by atoms with Crippen LogP contribution in [0.1, 0.15) is 23.4 Å². The molecule has 1 atom stereocenters. The molecule has 1 aliphatic heterocycles. The van der Waals surface area contributed by atoms with Crippen molar-refractivity contribution in [3.8, 4) is 0 Å². The van der Waals surface area contributed by atoms with Crippen molar-refractivity contribution < 1.29 is 4.74 Å². The molecule has 20 heavy (non-hydrogen) atoms. The van der Waals surface area contributed by atoms with E-state index >= 15 is 0 Å². The number of halogens is 1. The van der Waals surface area contributed by atoms with E-state index in [4.69, 9.17) is 16.3 Å². The summed E-state index contributed by atoms with van der Waals surface area (Å²) < 4.78 is 10.3. The maximum Gasteiger partial charge on any atom is 0.138 e. The molecule has 0 N–H and O–H groups in total. The van der Waals surface area contributed by atoms with E-state index in [-0.39, 0.29) is 0 Å². The minimum absolute atomic E-state index is 0.334. The number of nitrogens with zero attached hydrogens (tertiary/aromatic N) is 3. The highest BCUT2D eigenvalue weighted by atomic mass is 35.5. The fraction of sp³-hybridized carbons (Fsp3) is 0.538. The first kappa shape index (κ1) is 14.4. The van der Waals surface area contributed by atoms with Crippen LogP contribution in [-0.2, 0) is 17.8 Å². The lowest BCUT2D eigenvalue weighted by molar-refractivity contribution is 0.0678. The maximum atomic E-state index is 6.12. The van der Waals surface area contributed by atoms with E-state index in [1.54, 1.807) is 11.3 Å². The molecule has 1 unspecified atom stereocenters. The van der Waals surface area contributed by atoms with Gasteiger partial charge in [0, 0.05) is 42.7 Å². The van der Waals surface area contributed by atoms with E-state index in [1.165, 1.54) is 16.4 Å². The van der Waals surface area contributed by atoms with Gasteiger partial charge in [-0.25, -0.2) is 0 Å². The van der Waals surface area contributed by atoms with Crippen LogP contribution in [0.25, 0.3) is 0 Å². The highest BCUT2D eigenvalue weighted by Crippen LogP contribution is 2.22. The Kier molecular flexibility index (Phi) is 5.01. The van der Waals surface area contributed by atoms with Gasteiger partial charge in [0.05, 0.1) is 6.10 Å². The summed E-state index contributed by atoms with van der Waals surface area (Å²) in [6, 6.07) is 4.25. The fourth-order valence-corrected chi connectivity index (χ4v) is 3.75. The normalized spacial score (nSPS) is 19.0. The lowest BCUT2D eigenvalue weighted by Crippen LogP contribution is -2.31. The average Bonchev–Trinajstić information content (AvgIpc) is 3.15. The van der Waals surface area contributed by atoms with Crippen LogP contribution >= 0.6 is 34.5 Å². The van der Waals surface area contributed by atoms with Crippen LogP contribution in [0.4, 0.5) is 0 Å². The van der Waals surface area contributed by atoms with Gasteiger partial charge in [-0.3, -0.25) is 4.90 Å². The molecule has 0 aliphatic carbocycles. The highest BCUT2D eigenvalue weighted by Gasteiger charge is 2.21. The zero-order valence-electron chi connectivity index (χ0n) is 11.0. The standard InChI is InChI=1S/C13H16ClN3OS2/c14-13-12(15-16-20-13)9-17(7-10-3-1-5-18-10)8-11-4-2-6-19-11/h2,4,6,10H,1,3,5,7-9H2. The maximum absolute atomic E-state index is 6.12. The van der Waals surface area contributed by atoms with E-state index in [0.29, 0.717) is 10.4 Å². The van der Waals surface area contributed by atoms with Gasteiger partial charge in [-0.1, -0.05) is 22.2 Å². The highest BCUT2D eigenvalue weighted by molar-refractivity contribution is 7.10. The molecule has 2 aromatic rings. The summed E-state index contributed by atoms with van der Waals surface area (Å²) in [6.07, 6.45) is 2.64. The van der Waals surface area contributed by atoms with Gasteiger partial charge in [-0.15, -0.1) is 16.4 Å². The Bertz CT molecular complexity index is 525. The van der Waals surface area contributed by atoms with E-state index in [1.807, 2.05) is 0 Å². The first-order valence-corrected chi connectivity index (χ1v) is 8.67. The van der Waals surface area contributed by atoms with Crippen molar-refractivity contribution in [2.45, 2.75) is 32.0 Å². The lowest BCUT2D eigenvalue weighted by Gasteiger charge is -2.23. The second-order valence-electron chi connectivity index (χ2n) is 4.88. The van der Waals surface area contributed by atoms with Crippen LogP contribution in [0.5, 0.6) is 0 Å². The summed E-state index contributed by atoms with van der Waals surface area (Å²) >= 11 is 9.14. The summed E-state index contributed by atoms with van der Waals surface area (Å²) in [7, 11) is 0. The minimum atomic E-state index is 0.334. The van der Waals surface area contributed by atoms with Gasteiger partial charge in [0.15, 0.2) is 0 Å². The predicted octanol–water partition coefficient (Wildman–Crippen LogP) is 3.43. The molecule has 108 valence electrons. The monoisotopic (exact) mass is 329 g/mol. The van der Waals surface area contributed by atoms with Crippen molar-refractivity contribution in [1.29, 1.82) is 0 Å². The summed E-state index contributed by atoms with van der Waals surface area (Å²) in [6.45, 7) is 3.45. The molecule has 1 saturated heterocycles. The van der Waals surface area contributed by atoms with Crippen LogP contribution < -0.4 is 0 Å². The molecular formula is C13H16ClN3OS2. The van der Waals surface area contributed by atoms with E-state index in [2.05, 4.69) is 32.0 Å². The third-order valence-corrected chi connectivity index (χ3v) is 5.17. The van der Waals surface area contributed by atoms with Crippen molar-refractivity contribution >= 4 is 34.5 Å². The number of thiophene rings is 1. The first-order chi connectivity index (χ1) is 9.81. The van der Waals surface area contributed by atoms with E-state index < -0.39 is 0 Å². The molecule has 0 spiro atoms. The molecule has 0 saturated carbocycles. The third kappa shape index (κ3) is 3.77. The van der Waals surface area contributed by atoms with Crippen molar-refractivity contribution in [3.05, 3.63) is 32.4 Å². The molecule has 0 amide bonds. The van der Waals surface area contributed by atoms with Gasteiger partial charge in [0.25, 0.3) is 0 Å². The van der Waals surface area contributed by atoms with Crippen LogP contribution in [0.3, 0.4) is 0 Å². The molecule has 4 nitrogen and oxygen atoms in total. The van der Waals surface area contributed by atoms with Crippen molar-refractivity contribution in [3.63, 3.8) is 0 Å². The average molecular weight is 330 g/mol. The van der Waals surface area contributed by atoms with Gasteiger partial charge < -0.3 is 4.74 Å². The smallest absolute Gasteiger partial charge is 0.138 e. The summed E-state index contributed by atoms with van der Waals surface area (Å²) in [5, 5.41) is 6.23. The Morgan fingerprint density at radius 3 is 3.05 bits per heavy atom. The van der Waals surface area contributed by atoms with Crippen LogP contribution in [0.15, 0.2) is 17.5 Å². The largest absolute Gasteiger partial charge is 0.377 e. The van der Waals surface area contributed by atoms with Gasteiger partial charge >= 0.3 is 0 Å². The molecule has 0 radical (unpaired) electrons. The Hall–Kier alpha value is -0.530. The number of hydrogen-bond acceptors (Lipinski definition) is 6.